The van der Waals surface area contributed by atoms with Gasteiger partial charge in [-0.2, -0.15) is 0 Å². The fourth-order valence-electron chi connectivity index (χ4n) is 4.60. The third-order valence-corrected chi connectivity index (χ3v) is 8.45. The Balaban J connectivity index is 2.55. The molecule has 0 aromatic heterocycles. The minimum Gasteiger partial charge on any atom is -0.748 e. The number of carbonyl (C=O) groups is 1. The number of unbranched alkanes of at least 4 members (excludes halogenated alkanes) is 10. The van der Waals surface area contributed by atoms with Crippen molar-refractivity contribution in [2.24, 2.45) is 0 Å². The maximum atomic E-state index is 12.5. The van der Waals surface area contributed by atoms with E-state index in [0.717, 1.165) is 24.9 Å². The molecule has 0 spiro atoms. The SMILES string of the molecule is CCCCCCCCCCCC(C)(C)OC(=O)Nc1ccc(N(CCCCS(=O)(=O)[O-])CCCCS(=O)(=O)[O-])cc1. The van der Waals surface area contributed by atoms with Crippen molar-refractivity contribution in [2.45, 2.75) is 116 Å². The van der Waals surface area contributed by atoms with Crippen molar-refractivity contribution in [3.05, 3.63) is 24.3 Å². The van der Waals surface area contributed by atoms with Gasteiger partial charge in [-0.25, -0.2) is 21.6 Å². The summed E-state index contributed by atoms with van der Waals surface area (Å²) in [6, 6.07) is 7.03. The number of benzene rings is 1. The lowest BCUT2D eigenvalue weighted by atomic mass is 9.99. The zero-order valence-corrected chi connectivity index (χ0v) is 26.7. The lowest BCUT2D eigenvalue weighted by molar-refractivity contribution is 0.0403. The molecule has 10 nitrogen and oxygen atoms in total. The van der Waals surface area contributed by atoms with Crippen LogP contribution in [0.5, 0.6) is 0 Å². The minimum absolute atomic E-state index is 0.206. The molecule has 0 aliphatic rings. The Hall–Kier alpha value is -1.89. The lowest BCUT2D eigenvalue weighted by Crippen LogP contribution is -2.30. The molecule has 1 rings (SSSR count). The van der Waals surface area contributed by atoms with Crippen molar-refractivity contribution < 1.29 is 35.5 Å². The van der Waals surface area contributed by atoms with Gasteiger partial charge in [-0.05, 0) is 76.6 Å². The predicted octanol–water partition coefficient (Wildman–Crippen LogP) is 6.39. The molecule has 0 aliphatic carbocycles. The fraction of sp³-hybridized carbons (Fsp3) is 0.759. The van der Waals surface area contributed by atoms with Crippen molar-refractivity contribution >= 4 is 37.7 Å². The van der Waals surface area contributed by atoms with E-state index in [4.69, 9.17) is 4.74 Å². The summed E-state index contributed by atoms with van der Waals surface area (Å²) in [6.45, 7) is 6.94. The van der Waals surface area contributed by atoms with E-state index in [2.05, 4.69) is 12.2 Å². The lowest BCUT2D eigenvalue weighted by Gasteiger charge is -2.26. The standard InChI is InChI=1S/C29H52N2O8S2/c1-4-5-6-7-8-9-10-11-12-21-29(2,3)39-28(32)30-26-17-19-27(20-18-26)31(22-13-15-24-40(33,34)35)23-14-16-25-41(36,37)38/h17-20H,4-16,21-25H2,1-3H3,(H,30,32)(H,33,34,35)(H,36,37,38)/p-2. The topological polar surface area (TPSA) is 156 Å². The van der Waals surface area contributed by atoms with Gasteiger partial charge in [0.15, 0.2) is 0 Å². The Bertz CT molecular complexity index is 1030. The minimum atomic E-state index is -4.29. The molecule has 1 aromatic rings. The van der Waals surface area contributed by atoms with E-state index in [1.54, 1.807) is 24.3 Å². The van der Waals surface area contributed by atoms with Crippen LogP contribution in [0, 0.1) is 0 Å². The van der Waals surface area contributed by atoms with Crippen LogP contribution in [0.1, 0.15) is 111 Å². The Kier molecular flexibility index (Phi) is 17.5. The molecule has 1 amide bonds. The van der Waals surface area contributed by atoms with Crippen LogP contribution in [0.2, 0.25) is 0 Å². The Morgan fingerprint density at radius 2 is 1.22 bits per heavy atom. The Morgan fingerprint density at radius 3 is 1.68 bits per heavy atom. The van der Waals surface area contributed by atoms with E-state index in [-0.39, 0.29) is 12.8 Å². The van der Waals surface area contributed by atoms with E-state index >= 15 is 0 Å². The molecule has 12 heteroatoms. The van der Waals surface area contributed by atoms with E-state index in [9.17, 15) is 30.7 Å². The number of hydrogen-bond acceptors (Lipinski definition) is 9. The van der Waals surface area contributed by atoms with Crippen LogP contribution >= 0.6 is 0 Å². The largest absolute Gasteiger partial charge is 0.748 e. The molecular weight excluding hydrogens is 568 g/mol. The number of carbonyl (C=O) groups excluding carboxylic acids is 1. The summed E-state index contributed by atoms with van der Waals surface area (Å²) >= 11 is 0. The maximum Gasteiger partial charge on any atom is 0.412 e. The summed E-state index contributed by atoms with van der Waals surface area (Å²) < 4.78 is 71.0. The second kappa shape index (κ2) is 19.3. The van der Waals surface area contributed by atoms with E-state index < -0.39 is 43.4 Å². The molecule has 0 bridgehead atoms. The highest BCUT2D eigenvalue weighted by atomic mass is 32.2. The van der Waals surface area contributed by atoms with Crippen molar-refractivity contribution in [3.63, 3.8) is 0 Å². The number of nitrogens with one attached hydrogen (secondary N) is 1. The molecular formula is C29H50N2O8S2-2. The van der Waals surface area contributed by atoms with Crippen molar-refractivity contribution in [1.82, 2.24) is 0 Å². The molecule has 0 saturated heterocycles. The number of amides is 1. The quantitative estimate of drug-likeness (QED) is 0.108. The first-order chi connectivity index (χ1) is 19.2. The van der Waals surface area contributed by atoms with E-state index in [1.165, 1.54) is 44.9 Å². The molecule has 0 saturated carbocycles. The zero-order valence-electron chi connectivity index (χ0n) is 25.1. The summed E-state index contributed by atoms with van der Waals surface area (Å²) in [5, 5.41) is 2.75. The zero-order chi connectivity index (χ0) is 30.8. The third kappa shape index (κ3) is 20.6. The molecule has 0 heterocycles. The van der Waals surface area contributed by atoms with Gasteiger partial charge in [0.2, 0.25) is 0 Å². The van der Waals surface area contributed by atoms with Gasteiger partial charge >= 0.3 is 6.09 Å². The van der Waals surface area contributed by atoms with E-state index in [0.29, 0.717) is 31.6 Å². The average Bonchev–Trinajstić information content (AvgIpc) is 2.85. The highest BCUT2D eigenvalue weighted by molar-refractivity contribution is 7.85. The van der Waals surface area contributed by atoms with Gasteiger partial charge in [0.05, 0.1) is 20.2 Å². The first-order valence-corrected chi connectivity index (χ1v) is 18.1. The molecule has 1 N–H and O–H groups in total. The highest BCUT2D eigenvalue weighted by Gasteiger charge is 2.22. The third-order valence-electron chi connectivity index (χ3n) is 6.87. The van der Waals surface area contributed by atoms with Crippen molar-refractivity contribution in [3.8, 4) is 0 Å². The van der Waals surface area contributed by atoms with E-state index in [1.807, 2.05) is 18.7 Å². The summed E-state index contributed by atoms with van der Waals surface area (Å²) in [4.78, 5) is 14.5. The summed E-state index contributed by atoms with van der Waals surface area (Å²) in [7, 11) is -8.58. The number of ether oxygens (including phenoxy) is 1. The van der Waals surface area contributed by atoms with Gasteiger partial charge < -0.3 is 18.7 Å². The predicted molar refractivity (Wildman–Crippen MR) is 162 cm³/mol. The van der Waals surface area contributed by atoms with Gasteiger partial charge in [0, 0.05) is 36.0 Å². The van der Waals surface area contributed by atoms with Crippen LogP contribution in [0.3, 0.4) is 0 Å². The number of hydrogen-bond donors (Lipinski definition) is 1. The molecule has 0 radical (unpaired) electrons. The Morgan fingerprint density at radius 1 is 0.756 bits per heavy atom. The normalized spacial score (nSPS) is 12.3. The van der Waals surface area contributed by atoms with Gasteiger partial charge in [0.1, 0.15) is 5.60 Å². The van der Waals surface area contributed by atoms with Crippen LogP contribution < -0.4 is 10.2 Å². The second-order valence-corrected chi connectivity index (χ2v) is 14.4. The summed E-state index contributed by atoms with van der Waals surface area (Å²) in [5.41, 5.74) is 0.744. The Labute approximate surface area is 248 Å². The summed E-state index contributed by atoms with van der Waals surface area (Å²) in [5.74, 6) is -0.897. The van der Waals surface area contributed by atoms with Gasteiger partial charge in [-0.1, -0.05) is 58.3 Å². The number of rotatable bonds is 23. The van der Waals surface area contributed by atoms with Crippen LogP contribution in [0.25, 0.3) is 0 Å². The van der Waals surface area contributed by atoms with Crippen LogP contribution in [0.15, 0.2) is 24.3 Å². The smallest absolute Gasteiger partial charge is 0.412 e. The molecule has 238 valence electrons. The highest BCUT2D eigenvalue weighted by Crippen LogP contribution is 2.23. The monoisotopic (exact) mass is 618 g/mol. The molecule has 41 heavy (non-hydrogen) atoms. The molecule has 0 atom stereocenters. The van der Waals surface area contributed by atoms with Gasteiger partial charge in [0.25, 0.3) is 0 Å². The van der Waals surface area contributed by atoms with Crippen LogP contribution in [-0.4, -0.2) is 62.2 Å². The number of nitrogens with zero attached hydrogens (tertiary/aromatic N) is 1. The fourth-order valence-corrected chi connectivity index (χ4v) is 5.71. The molecule has 0 fully saturated rings. The molecule has 1 aromatic carbocycles. The average molecular weight is 619 g/mol. The van der Waals surface area contributed by atoms with Crippen LogP contribution in [-0.2, 0) is 25.0 Å². The van der Waals surface area contributed by atoms with Crippen molar-refractivity contribution in [1.29, 1.82) is 0 Å². The second-order valence-electron chi connectivity index (χ2n) is 11.3. The number of anilines is 2. The maximum absolute atomic E-state index is 12.5. The first kappa shape index (κ1) is 37.1. The molecule has 0 unspecified atom stereocenters. The summed E-state index contributed by atoms with van der Waals surface area (Å²) in [6.07, 6.45) is 12.6. The van der Waals surface area contributed by atoms with Gasteiger partial charge in [-0.15, -0.1) is 0 Å². The first-order valence-electron chi connectivity index (χ1n) is 14.9. The molecule has 0 aliphatic heterocycles. The van der Waals surface area contributed by atoms with Crippen LogP contribution in [0.4, 0.5) is 16.2 Å². The van der Waals surface area contributed by atoms with Crippen molar-refractivity contribution in [2.75, 3.05) is 34.8 Å². The van der Waals surface area contributed by atoms with Gasteiger partial charge in [-0.3, -0.25) is 5.32 Å².